The minimum atomic E-state index is -0.472. The molecule has 0 N–H and O–H groups in total. The highest BCUT2D eigenvalue weighted by molar-refractivity contribution is 5.88. The van der Waals surface area contributed by atoms with Crippen molar-refractivity contribution in [2.45, 2.75) is 13.0 Å². The van der Waals surface area contributed by atoms with Crippen molar-refractivity contribution >= 4 is 16.7 Å². The Balaban J connectivity index is 1.66. The van der Waals surface area contributed by atoms with Gasteiger partial charge in [-0.1, -0.05) is 48.5 Å². The van der Waals surface area contributed by atoms with Gasteiger partial charge in [-0.2, -0.15) is 0 Å². The smallest absolute Gasteiger partial charge is 0.310 e. The van der Waals surface area contributed by atoms with Gasteiger partial charge in [0.2, 0.25) is 0 Å². The molecule has 0 unspecified atom stereocenters. The number of ether oxygens (including phenoxy) is 2. The van der Waals surface area contributed by atoms with Crippen molar-refractivity contribution in [3.05, 3.63) is 77.6 Å². The van der Waals surface area contributed by atoms with Gasteiger partial charge in [-0.25, -0.2) is 4.39 Å². The van der Waals surface area contributed by atoms with E-state index < -0.39 is 5.82 Å². The first-order chi connectivity index (χ1) is 11.7. The van der Waals surface area contributed by atoms with Gasteiger partial charge in [-0.3, -0.25) is 4.79 Å². The van der Waals surface area contributed by atoms with Gasteiger partial charge >= 0.3 is 5.97 Å². The molecule has 0 radical (unpaired) electrons. The molecule has 0 spiro atoms. The maximum atomic E-state index is 13.6. The fraction of sp³-hybridized carbons (Fsp3) is 0.150. The van der Waals surface area contributed by atoms with E-state index in [0.29, 0.717) is 5.56 Å². The number of rotatable bonds is 5. The molecule has 122 valence electrons. The average molecular weight is 324 g/mol. The van der Waals surface area contributed by atoms with Crippen LogP contribution in [0.4, 0.5) is 4.39 Å². The molecule has 0 heterocycles. The summed E-state index contributed by atoms with van der Waals surface area (Å²) < 4.78 is 23.8. The summed E-state index contributed by atoms with van der Waals surface area (Å²) >= 11 is 0. The van der Waals surface area contributed by atoms with E-state index in [0.717, 1.165) is 16.3 Å². The molecule has 0 amide bonds. The van der Waals surface area contributed by atoms with Gasteiger partial charge in [0, 0.05) is 0 Å². The lowest BCUT2D eigenvalue weighted by molar-refractivity contribution is -0.144. The van der Waals surface area contributed by atoms with Crippen LogP contribution in [0, 0.1) is 5.82 Å². The Morgan fingerprint density at radius 3 is 2.62 bits per heavy atom. The van der Waals surface area contributed by atoms with Crippen LogP contribution in [0.25, 0.3) is 10.8 Å². The number of hydrogen-bond donors (Lipinski definition) is 0. The molecule has 3 aromatic carbocycles. The second-order valence-electron chi connectivity index (χ2n) is 5.44. The van der Waals surface area contributed by atoms with E-state index in [2.05, 4.69) is 0 Å². The summed E-state index contributed by atoms with van der Waals surface area (Å²) in [4.78, 5) is 12.1. The Bertz CT molecular complexity index is 868. The first-order valence-electron chi connectivity index (χ1n) is 7.62. The third-order valence-electron chi connectivity index (χ3n) is 3.83. The molecular formula is C20H17FO3. The molecule has 0 aliphatic rings. The molecule has 0 aliphatic carbocycles. The van der Waals surface area contributed by atoms with E-state index in [1.165, 1.54) is 19.2 Å². The Morgan fingerprint density at radius 2 is 1.83 bits per heavy atom. The number of hydrogen-bond acceptors (Lipinski definition) is 3. The van der Waals surface area contributed by atoms with Crippen LogP contribution in [0.1, 0.15) is 11.1 Å². The van der Waals surface area contributed by atoms with Crippen LogP contribution in [0.2, 0.25) is 0 Å². The fourth-order valence-corrected chi connectivity index (χ4v) is 2.62. The fourth-order valence-electron chi connectivity index (χ4n) is 2.62. The highest BCUT2D eigenvalue weighted by atomic mass is 19.1. The Labute approximate surface area is 139 Å². The van der Waals surface area contributed by atoms with Crippen LogP contribution < -0.4 is 4.74 Å². The van der Waals surface area contributed by atoms with Crippen molar-refractivity contribution < 1.29 is 18.7 Å². The molecule has 3 rings (SSSR count). The Kier molecular flexibility index (Phi) is 4.75. The SMILES string of the molecule is COc1ccc(COC(=O)Cc2cccc3ccccc23)cc1F. The molecule has 0 fully saturated rings. The Hall–Kier alpha value is -2.88. The first-order valence-corrected chi connectivity index (χ1v) is 7.62. The van der Waals surface area contributed by atoms with E-state index >= 15 is 0 Å². The highest BCUT2D eigenvalue weighted by Crippen LogP contribution is 2.20. The van der Waals surface area contributed by atoms with Crippen LogP contribution in [0.15, 0.2) is 60.7 Å². The molecule has 0 aromatic heterocycles. The van der Waals surface area contributed by atoms with Gasteiger partial charge in [-0.15, -0.1) is 0 Å². The van der Waals surface area contributed by atoms with Gasteiger partial charge in [0.1, 0.15) is 6.61 Å². The summed E-state index contributed by atoms with van der Waals surface area (Å²) in [5, 5.41) is 2.12. The van der Waals surface area contributed by atoms with Gasteiger partial charge in [-0.05, 0) is 34.0 Å². The summed E-state index contributed by atoms with van der Waals surface area (Å²) in [7, 11) is 1.41. The van der Waals surface area contributed by atoms with Crippen LogP contribution in [0.3, 0.4) is 0 Å². The van der Waals surface area contributed by atoms with Crippen molar-refractivity contribution in [2.75, 3.05) is 7.11 Å². The van der Waals surface area contributed by atoms with Gasteiger partial charge in [0.25, 0.3) is 0 Å². The standard InChI is InChI=1S/C20H17FO3/c1-23-19-10-9-14(11-18(19)21)13-24-20(22)12-16-7-4-6-15-5-2-3-8-17(15)16/h2-11H,12-13H2,1H3. The van der Waals surface area contributed by atoms with Crippen LogP contribution in [-0.2, 0) is 22.6 Å². The number of carbonyl (C=O) groups excluding carboxylic acids is 1. The monoisotopic (exact) mass is 324 g/mol. The summed E-state index contributed by atoms with van der Waals surface area (Å²) in [6, 6.07) is 18.2. The lowest BCUT2D eigenvalue weighted by Crippen LogP contribution is -2.08. The number of esters is 1. The lowest BCUT2D eigenvalue weighted by Gasteiger charge is -2.08. The normalized spacial score (nSPS) is 10.6. The number of halogens is 1. The van der Waals surface area contributed by atoms with Gasteiger partial charge < -0.3 is 9.47 Å². The molecule has 0 atom stereocenters. The molecular weight excluding hydrogens is 307 g/mol. The van der Waals surface area contributed by atoms with E-state index in [9.17, 15) is 9.18 Å². The Morgan fingerprint density at radius 1 is 1.04 bits per heavy atom. The van der Waals surface area contributed by atoms with E-state index in [1.807, 2.05) is 42.5 Å². The van der Waals surface area contributed by atoms with Crippen molar-refractivity contribution in [1.82, 2.24) is 0 Å². The van der Waals surface area contributed by atoms with Crippen LogP contribution in [0.5, 0.6) is 5.75 Å². The van der Waals surface area contributed by atoms with E-state index in [1.54, 1.807) is 6.07 Å². The predicted molar refractivity (Wildman–Crippen MR) is 90.4 cm³/mol. The number of fused-ring (bicyclic) bond motifs is 1. The number of benzene rings is 3. The van der Waals surface area contributed by atoms with Crippen LogP contribution in [-0.4, -0.2) is 13.1 Å². The van der Waals surface area contributed by atoms with Crippen molar-refractivity contribution in [2.24, 2.45) is 0 Å². The van der Waals surface area contributed by atoms with E-state index in [-0.39, 0.29) is 24.7 Å². The number of carbonyl (C=O) groups is 1. The number of methoxy groups -OCH3 is 1. The molecule has 0 bridgehead atoms. The summed E-state index contributed by atoms with van der Waals surface area (Å²) in [5.74, 6) is -0.650. The second-order valence-corrected chi connectivity index (χ2v) is 5.44. The zero-order valence-corrected chi connectivity index (χ0v) is 13.3. The van der Waals surface area contributed by atoms with Gasteiger partial charge in [0.05, 0.1) is 13.5 Å². The minimum Gasteiger partial charge on any atom is -0.494 e. The third-order valence-corrected chi connectivity index (χ3v) is 3.83. The molecule has 24 heavy (non-hydrogen) atoms. The summed E-state index contributed by atoms with van der Waals surface area (Å²) in [5.41, 5.74) is 1.50. The zero-order chi connectivity index (χ0) is 16.9. The van der Waals surface area contributed by atoms with Gasteiger partial charge in [0.15, 0.2) is 11.6 Å². The summed E-state index contributed by atoms with van der Waals surface area (Å²) in [6.45, 7) is 0.0323. The van der Waals surface area contributed by atoms with Crippen molar-refractivity contribution in [3.8, 4) is 5.75 Å². The first kappa shape index (κ1) is 16.0. The maximum Gasteiger partial charge on any atom is 0.310 e. The average Bonchev–Trinajstić information content (AvgIpc) is 2.60. The van der Waals surface area contributed by atoms with Crippen LogP contribution >= 0.6 is 0 Å². The minimum absolute atomic E-state index is 0.0323. The predicted octanol–water partition coefficient (Wildman–Crippen LogP) is 4.27. The maximum absolute atomic E-state index is 13.6. The lowest BCUT2D eigenvalue weighted by atomic mass is 10.0. The highest BCUT2D eigenvalue weighted by Gasteiger charge is 2.09. The zero-order valence-electron chi connectivity index (χ0n) is 13.3. The molecule has 0 saturated carbocycles. The second kappa shape index (κ2) is 7.13. The largest absolute Gasteiger partial charge is 0.494 e. The molecule has 3 aromatic rings. The van der Waals surface area contributed by atoms with Crippen molar-refractivity contribution in [3.63, 3.8) is 0 Å². The molecule has 4 heteroatoms. The topological polar surface area (TPSA) is 35.5 Å². The molecule has 3 nitrogen and oxygen atoms in total. The molecule has 0 aliphatic heterocycles. The molecule has 0 saturated heterocycles. The summed E-state index contributed by atoms with van der Waals surface area (Å²) in [6.07, 6.45) is 0.181. The quantitative estimate of drug-likeness (QED) is 0.657. The van der Waals surface area contributed by atoms with Crippen molar-refractivity contribution in [1.29, 1.82) is 0 Å². The third kappa shape index (κ3) is 3.54. The van der Waals surface area contributed by atoms with E-state index in [4.69, 9.17) is 9.47 Å².